The Morgan fingerprint density at radius 1 is 0.379 bits per heavy atom. The summed E-state index contributed by atoms with van der Waals surface area (Å²) >= 11 is 0. The van der Waals surface area contributed by atoms with Crippen LogP contribution in [0, 0.1) is 0 Å². The molecule has 0 fully saturated rings. The van der Waals surface area contributed by atoms with Crippen molar-refractivity contribution in [2.24, 2.45) is 0 Å². The van der Waals surface area contributed by atoms with Gasteiger partial charge in [-0.25, -0.2) is 4.98 Å². The lowest BCUT2D eigenvalue weighted by molar-refractivity contribution is 1.05. The number of hydrogen-bond acceptors (Lipinski definition) is 3. The van der Waals surface area contributed by atoms with Gasteiger partial charge in [0.25, 0.3) is 0 Å². The second-order valence-electron chi connectivity index (χ2n) is 14.2. The Balaban J connectivity index is 1.23. The van der Waals surface area contributed by atoms with Crippen LogP contribution in [0.2, 0.25) is 0 Å². The molecular formula is C54H38N4. The first-order valence-electron chi connectivity index (χ1n) is 19.6. The molecule has 7 aromatic carbocycles. The Hall–Kier alpha value is -7.82. The number of fused-ring (bicyclic) bond motifs is 1. The van der Waals surface area contributed by atoms with Gasteiger partial charge in [0.05, 0.1) is 22.6 Å². The summed E-state index contributed by atoms with van der Waals surface area (Å²) in [4.78, 5) is 12.2. The third kappa shape index (κ3) is 6.53. The summed E-state index contributed by atoms with van der Waals surface area (Å²) in [5.41, 5.74) is 15.2. The molecular weight excluding hydrogens is 705 g/mol. The molecule has 0 aliphatic carbocycles. The van der Waals surface area contributed by atoms with Gasteiger partial charge in [0.15, 0.2) is 0 Å². The molecule has 0 aliphatic rings. The van der Waals surface area contributed by atoms with E-state index >= 15 is 0 Å². The molecule has 0 bridgehead atoms. The topological polar surface area (TPSA) is 34.0 Å². The van der Waals surface area contributed by atoms with Crippen LogP contribution in [-0.4, -0.2) is 14.5 Å². The number of nitrogens with zero attached hydrogens (tertiary/aromatic N) is 4. The molecule has 0 N–H and O–H groups in total. The van der Waals surface area contributed by atoms with E-state index in [9.17, 15) is 0 Å². The van der Waals surface area contributed by atoms with E-state index in [1.54, 1.807) is 0 Å². The van der Waals surface area contributed by atoms with E-state index in [0.717, 1.165) is 84.1 Å². The van der Waals surface area contributed by atoms with Crippen LogP contribution in [0.1, 0.15) is 0 Å². The van der Waals surface area contributed by atoms with Crippen molar-refractivity contribution in [2.75, 3.05) is 4.90 Å². The summed E-state index contributed by atoms with van der Waals surface area (Å²) in [6.45, 7) is 0. The highest BCUT2D eigenvalue weighted by atomic mass is 15.2. The zero-order valence-electron chi connectivity index (χ0n) is 31.7. The van der Waals surface area contributed by atoms with Gasteiger partial charge in [-0.1, -0.05) is 164 Å². The van der Waals surface area contributed by atoms with Gasteiger partial charge in [-0.2, -0.15) is 0 Å². The number of pyridine rings is 2. The summed E-state index contributed by atoms with van der Waals surface area (Å²) in [5.74, 6) is 0.855. The van der Waals surface area contributed by atoms with Crippen molar-refractivity contribution in [3.63, 3.8) is 0 Å². The molecule has 0 spiro atoms. The van der Waals surface area contributed by atoms with E-state index in [0.29, 0.717) is 0 Å². The molecule has 3 aromatic heterocycles. The summed E-state index contributed by atoms with van der Waals surface area (Å²) in [5, 5.41) is 1.14. The van der Waals surface area contributed by atoms with Crippen LogP contribution in [0.5, 0.6) is 0 Å². The van der Waals surface area contributed by atoms with Gasteiger partial charge in [0.1, 0.15) is 5.82 Å². The van der Waals surface area contributed by atoms with Crippen molar-refractivity contribution >= 4 is 28.0 Å². The highest BCUT2D eigenvalue weighted by Gasteiger charge is 2.24. The number of aromatic nitrogens is 3. The lowest BCUT2D eigenvalue weighted by Crippen LogP contribution is -2.11. The summed E-state index contributed by atoms with van der Waals surface area (Å²) < 4.78 is 2.33. The molecule has 58 heavy (non-hydrogen) atoms. The molecule has 3 heterocycles. The van der Waals surface area contributed by atoms with Crippen molar-refractivity contribution in [3.8, 4) is 61.7 Å². The molecule has 0 atom stereocenters. The highest BCUT2D eigenvalue weighted by Crippen LogP contribution is 2.47. The van der Waals surface area contributed by atoms with Gasteiger partial charge < -0.3 is 4.90 Å². The van der Waals surface area contributed by atoms with E-state index in [2.05, 4.69) is 216 Å². The van der Waals surface area contributed by atoms with E-state index in [4.69, 9.17) is 9.97 Å². The number of hydrogen-bond donors (Lipinski definition) is 0. The van der Waals surface area contributed by atoms with E-state index in [1.165, 1.54) is 5.56 Å². The fourth-order valence-corrected chi connectivity index (χ4v) is 8.07. The lowest BCUT2D eigenvalue weighted by Gasteiger charge is -2.28. The molecule has 0 saturated carbocycles. The van der Waals surface area contributed by atoms with Gasteiger partial charge in [-0.3, -0.25) is 9.55 Å². The van der Waals surface area contributed by atoms with Gasteiger partial charge in [-0.15, -0.1) is 0 Å². The lowest BCUT2D eigenvalue weighted by atomic mass is 9.98. The van der Waals surface area contributed by atoms with Crippen LogP contribution in [0.4, 0.5) is 17.1 Å². The molecule has 0 radical (unpaired) electrons. The number of rotatable bonds is 9. The number of para-hydroxylation sites is 1. The van der Waals surface area contributed by atoms with Crippen molar-refractivity contribution in [2.45, 2.75) is 0 Å². The van der Waals surface area contributed by atoms with Gasteiger partial charge >= 0.3 is 0 Å². The Labute approximate surface area is 338 Å². The number of benzene rings is 7. The first-order valence-corrected chi connectivity index (χ1v) is 19.6. The molecule has 274 valence electrons. The van der Waals surface area contributed by atoms with Gasteiger partial charge in [-0.05, 0) is 82.4 Å². The summed E-state index contributed by atoms with van der Waals surface area (Å²) in [6, 6.07) is 77.1. The second kappa shape index (κ2) is 15.4. The van der Waals surface area contributed by atoms with Crippen LogP contribution < -0.4 is 4.90 Å². The Morgan fingerprint density at radius 3 is 1.72 bits per heavy atom. The Kier molecular flexibility index (Phi) is 9.18. The quantitative estimate of drug-likeness (QED) is 0.148. The fourth-order valence-electron chi connectivity index (χ4n) is 8.07. The van der Waals surface area contributed by atoms with Crippen molar-refractivity contribution in [3.05, 3.63) is 231 Å². The minimum absolute atomic E-state index is 0.855. The summed E-state index contributed by atoms with van der Waals surface area (Å²) in [7, 11) is 0. The maximum Gasteiger partial charge on any atom is 0.137 e. The Bertz CT molecular complexity index is 2980. The molecule has 10 aromatic rings. The number of anilines is 3. The van der Waals surface area contributed by atoms with Crippen molar-refractivity contribution in [1.82, 2.24) is 14.5 Å². The van der Waals surface area contributed by atoms with Crippen LogP contribution in [0.15, 0.2) is 231 Å². The van der Waals surface area contributed by atoms with E-state index in [1.807, 2.05) is 24.5 Å². The monoisotopic (exact) mass is 742 g/mol. The Morgan fingerprint density at radius 2 is 1.00 bits per heavy atom. The summed E-state index contributed by atoms with van der Waals surface area (Å²) in [6.07, 6.45) is 3.78. The van der Waals surface area contributed by atoms with Crippen LogP contribution in [0.25, 0.3) is 72.6 Å². The molecule has 0 unspecified atom stereocenters. The molecule has 0 aliphatic heterocycles. The fraction of sp³-hybridized carbons (Fsp3) is 0. The van der Waals surface area contributed by atoms with E-state index in [-0.39, 0.29) is 0 Å². The average molecular weight is 743 g/mol. The second-order valence-corrected chi connectivity index (χ2v) is 14.2. The van der Waals surface area contributed by atoms with Crippen LogP contribution in [0.3, 0.4) is 0 Å². The largest absolute Gasteiger partial charge is 0.310 e. The smallest absolute Gasteiger partial charge is 0.137 e. The third-order valence-corrected chi connectivity index (χ3v) is 10.7. The maximum absolute atomic E-state index is 4.95. The average Bonchev–Trinajstić information content (AvgIpc) is 3.65. The first kappa shape index (κ1) is 34.7. The van der Waals surface area contributed by atoms with Crippen molar-refractivity contribution in [1.29, 1.82) is 0 Å². The zero-order chi connectivity index (χ0) is 38.7. The molecule has 10 rings (SSSR count). The van der Waals surface area contributed by atoms with E-state index < -0.39 is 0 Å². The minimum Gasteiger partial charge on any atom is -0.310 e. The third-order valence-electron chi connectivity index (χ3n) is 10.7. The van der Waals surface area contributed by atoms with Crippen LogP contribution >= 0.6 is 0 Å². The molecule has 4 nitrogen and oxygen atoms in total. The normalized spacial score (nSPS) is 11.1. The van der Waals surface area contributed by atoms with Gasteiger partial charge in [0, 0.05) is 45.8 Å². The molecule has 4 heteroatoms. The molecule has 0 amide bonds. The highest BCUT2D eigenvalue weighted by molar-refractivity contribution is 6.07. The van der Waals surface area contributed by atoms with Gasteiger partial charge in [0.2, 0.25) is 0 Å². The predicted molar refractivity (Wildman–Crippen MR) is 241 cm³/mol. The minimum atomic E-state index is 0.855. The first-order chi connectivity index (χ1) is 28.8. The standard InChI is InChI=1S/C54H38N4/c1-5-18-39(19-6-1)43-33-35-55-49(37-43)44-26-17-27-45(36-44)57(50-29-14-13-28-47(50)40-20-7-2-8-21-40)46-31-32-48-51(38-46)58(52-30-15-16-34-56-52)54(42-24-11-4-12-25-42)53(48)41-22-9-3-10-23-41/h1-38H. The van der Waals surface area contributed by atoms with Crippen LogP contribution in [-0.2, 0) is 0 Å². The van der Waals surface area contributed by atoms with Crippen molar-refractivity contribution < 1.29 is 0 Å². The molecule has 0 saturated heterocycles. The zero-order valence-corrected chi connectivity index (χ0v) is 31.7. The maximum atomic E-state index is 4.95. The SMILES string of the molecule is c1ccc(-c2ccnc(-c3cccc(N(c4ccc5c(-c6ccccc6)c(-c6ccccc6)n(-c6ccccn6)c5c4)c4ccccc4-c4ccccc4)c3)c2)cc1. The predicted octanol–water partition coefficient (Wildman–Crippen LogP) is 14.2.